The molecule has 0 atom stereocenters. The maximum Gasteiger partial charge on any atom is 0.251 e. The molecule has 9 heteroatoms. The summed E-state index contributed by atoms with van der Waals surface area (Å²) in [6.45, 7) is 1.41. The number of methoxy groups -OCH3 is 2. The van der Waals surface area contributed by atoms with Crippen molar-refractivity contribution >= 4 is 34.0 Å². The Kier molecular flexibility index (Phi) is 9.36. The molecule has 1 heterocycles. The molecule has 1 amide bonds. The number of amides is 1. The quantitative estimate of drug-likeness (QED) is 0.168. The van der Waals surface area contributed by atoms with Gasteiger partial charge in [0.1, 0.15) is 5.82 Å². The number of halogens is 2. The van der Waals surface area contributed by atoms with Gasteiger partial charge in [-0.3, -0.25) is 4.79 Å². The fourth-order valence-corrected chi connectivity index (χ4v) is 5.60. The summed E-state index contributed by atoms with van der Waals surface area (Å²) in [5.41, 5.74) is 5.04. The molecule has 6 nitrogen and oxygen atoms in total. The van der Waals surface area contributed by atoms with Gasteiger partial charge in [-0.05, 0) is 65.7 Å². The highest BCUT2D eigenvalue weighted by molar-refractivity contribution is 7.14. The Morgan fingerprint density at radius 2 is 1.69 bits per heavy atom. The van der Waals surface area contributed by atoms with E-state index >= 15 is 0 Å². The zero-order valence-corrected chi connectivity index (χ0v) is 24.7. The van der Waals surface area contributed by atoms with E-state index in [2.05, 4.69) is 10.2 Å². The van der Waals surface area contributed by atoms with Crippen LogP contribution < -0.4 is 19.7 Å². The monoisotopic (exact) mass is 601 g/mol. The van der Waals surface area contributed by atoms with E-state index in [0.717, 1.165) is 33.1 Å². The smallest absolute Gasteiger partial charge is 0.251 e. The molecule has 1 aromatic heterocycles. The van der Waals surface area contributed by atoms with Crippen LogP contribution in [0.25, 0.3) is 11.3 Å². The number of carbonyl (C=O) groups excluding carboxylic acids is 1. The highest BCUT2D eigenvalue weighted by Crippen LogP contribution is 2.35. The van der Waals surface area contributed by atoms with Gasteiger partial charge in [-0.15, -0.1) is 11.3 Å². The third kappa shape index (κ3) is 7.08. The molecule has 0 saturated heterocycles. The molecule has 0 aliphatic rings. The van der Waals surface area contributed by atoms with Crippen LogP contribution in [0.1, 0.15) is 27.0 Å². The normalized spacial score (nSPS) is 10.8. The summed E-state index contributed by atoms with van der Waals surface area (Å²) in [4.78, 5) is 19.8. The van der Waals surface area contributed by atoms with Gasteiger partial charge < -0.3 is 19.7 Å². The molecule has 1 N–H and O–H groups in total. The standard InChI is InChI=1S/C33H29ClFN3O3S/c1-40-30-8-4-6-26(31(30)41-2)20-38(33-37-29(21-42-33)24-13-15-28(35)16-14-24)19-22-9-11-25(12-10-22)32(39)36-18-23-5-3-7-27(34)17-23/h3-17,21H,18-20H2,1-2H3,(H,36,39). The van der Waals surface area contributed by atoms with Gasteiger partial charge in [-0.25, -0.2) is 9.37 Å². The first-order valence-corrected chi connectivity index (χ1v) is 14.5. The number of hydrogen-bond acceptors (Lipinski definition) is 6. The number of ether oxygens (including phenoxy) is 2. The minimum absolute atomic E-state index is 0.164. The Labute approximate surface area is 253 Å². The Hall–Kier alpha value is -4.40. The number of aromatic nitrogens is 1. The number of hydrogen-bond donors (Lipinski definition) is 1. The Bertz CT molecular complexity index is 1660. The van der Waals surface area contributed by atoms with Crippen molar-refractivity contribution in [1.29, 1.82) is 0 Å². The second-order valence-corrected chi connectivity index (χ2v) is 10.8. The zero-order chi connectivity index (χ0) is 29.5. The minimum Gasteiger partial charge on any atom is -0.493 e. The number of rotatable bonds is 11. The summed E-state index contributed by atoms with van der Waals surface area (Å²) < 4.78 is 24.7. The van der Waals surface area contributed by atoms with Gasteiger partial charge in [0.15, 0.2) is 16.6 Å². The highest BCUT2D eigenvalue weighted by Gasteiger charge is 2.18. The van der Waals surface area contributed by atoms with E-state index in [-0.39, 0.29) is 11.7 Å². The summed E-state index contributed by atoms with van der Waals surface area (Å²) in [7, 11) is 3.24. The van der Waals surface area contributed by atoms with Crippen LogP contribution >= 0.6 is 22.9 Å². The van der Waals surface area contributed by atoms with Crippen molar-refractivity contribution in [3.8, 4) is 22.8 Å². The highest BCUT2D eigenvalue weighted by atomic mass is 35.5. The average Bonchev–Trinajstić information content (AvgIpc) is 3.50. The van der Waals surface area contributed by atoms with Crippen molar-refractivity contribution in [3.05, 3.63) is 129 Å². The Morgan fingerprint density at radius 1 is 0.929 bits per heavy atom. The van der Waals surface area contributed by atoms with Crippen molar-refractivity contribution in [2.45, 2.75) is 19.6 Å². The summed E-state index contributed by atoms with van der Waals surface area (Å²) in [6.07, 6.45) is 0. The third-order valence-electron chi connectivity index (χ3n) is 6.68. The first kappa shape index (κ1) is 29.1. The van der Waals surface area contributed by atoms with Gasteiger partial charge >= 0.3 is 0 Å². The summed E-state index contributed by atoms with van der Waals surface area (Å²) in [5.74, 6) is 0.854. The fourth-order valence-electron chi connectivity index (χ4n) is 4.55. The molecular formula is C33H29ClFN3O3S. The van der Waals surface area contributed by atoms with E-state index in [0.29, 0.717) is 41.7 Å². The fraction of sp³-hybridized carbons (Fsp3) is 0.152. The van der Waals surface area contributed by atoms with Crippen molar-refractivity contribution in [2.24, 2.45) is 0 Å². The SMILES string of the molecule is COc1cccc(CN(Cc2ccc(C(=O)NCc3cccc(Cl)c3)cc2)c2nc(-c3ccc(F)cc3)cs2)c1OC. The molecule has 0 unspecified atom stereocenters. The van der Waals surface area contributed by atoms with Crippen LogP contribution in [0, 0.1) is 5.82 Å². The van der Waals surface area contributed by atoms with E-state index in [1.807, 2.05) is 66.0 Å². The molecule has 0 saturated carbocycles. The van der Waals surface area contributed by atoms with Gasteiger partial charge in [0.2, 0.25) is 0 Å². The Balaban J connectivity index is 1.37. The number of nitrogens with zero attached hydrogens (tertiary/aromatic N) is 2. The van der Waals surface area contributed by atoms with Gasteiger partial charge in [0.05, 0.1) is 19.9 Å². The lowest BCUT2D eigenvalue weighted by Gasteiger charge is -2.24. The van der Waals surface area contributed by atoms with Gasteiger partial charge in [-0.2, -0.15) is 0 Å². The van der Waals surface area contributed by atoms with Crippen LogP contribution in [0.4, 0.5) is 9.52 Å². The second-order valence-electron chi connectivity index (χ2n) is 9.54. The van der Waals surface area contributed by atoms with E-state index in [1.165, 1.54) is 23.5 Å². The van der Waals surface area contributed by atoms with Crippen molar-refractivity contribution in [1.82, 2.24) is 10.3 Å². The maximum absolute atomic E-state index is 13.5. The molecule has 0 aliphatic carbocycles. The molecule has 5 aromatic rings. The predicted octanol–water partition coefficient (Wildman–Crippen LogP) is 7.76. The van der Waals surface area contributed by atoms with Crippen molar-refractivity contribution < 1.29 is 18.7 Å². The maximum atomic E-state index is 13.5. The summed E-state index contributed by atoms with van der Waals surface area (Å²) in [5, 5.41) is 6.33. The first-order valence-electron chi connectivity index (χ1n) is 13.2. The molecule has 0 fully saturated rings. The number of para-hydroxylation sites is 1. The topological polar surface area (TPSA) is 63.7 Å². The molecule has 4 aromatic carbocycles. The van der Waals surface area contributed by atoms with Crippen molar-refractivity contribution in [3.63, 3.8) is 0 Å². The lowest BCUT2D eigenvalue weighted by Crippen LogP contribution is -2.24. The van der Waals surface area contributed by atoms with Crippen LogP contribution in [0.3, 0.4) is 0 Å². The molecule has 0 bridgehead atoms. The van der Waals surface area contributed by atoms with Crippen molar-refractivity contribution in [2.75, 3.05) is 19.1 Å². The molecule has 214 valence electrons. The van der Waals surface area contributed by atoms with Crippen LogP contribution in [0.15, 0.2) is 96.4 Å². The van der Waals surface area contributed by atoms with E-state index in [1.54, 1.807) is 32.4 Å². The average molecular weight is 602 g/mol. The van der Waals surface area contributed by atoms with E-state index in [4.69, 9.17) is 26.1 Å². The molecule has 0 spiro atoms. The number of carbonyl (C=O) groups is 1. The lowest BCUT2D eigenvalue weighted by molar-refractivity contribution is 0.0951. The van der Waals surface area contributed by atoms with Crippen LogP contribution in [-0.4, -0.2) is 25.1 Å². The molecular weight excluding hydrogens is 573 g/mol. The van der Waals surface area contributed by atoms with Gasteiger partial charge in [0.25, 0.3) is 5.91 Å². The van der Waals surface area contributed by atoms with Gasteiger partial charge in [0, 0.05) is 46.7 Å². The third-order valence-corrected chi connectivity index (χ3v) is 7.82. The lowest BCUT2D eigenvalue weighted by atomic mass is 10.1. The molecule has 5 rings (SSSR count). The summed E-state index contributed by atoms with van der Waals surface area (Å²) in [6, 6.07) is 27.0. The molecule has 0 radical (unpaired) electrons. The number of anilines is 1. The summed E-state index contributed by atoms with van der Waals surface area (Å²) >= 11 is 7.56. The molecule has 0 aliphatic heterocycles. The number of nitrogens with one attached hydrogen (secondary N) is 1. The zero-order valence-electron chi connectivity index (χ0n) is 23.1. The number of benzene rings is 4. The Morgan fingerprint density at radius 3 is 2.40 bits per heavy atom. The number of thiazole rings is 1. The molecule has 42 heavy (non-hydrogen) atoms. The minimum atomic E-state index is -0.289. The van der Waals surface area contributed by atoms with Gasteiger partial charge in [-0.1, -0.05) is 48.0 Å². The largest absolute Gasteiger partial charge is 0.493 e. The predicted molar refractivity (Wildman–Crippen MR) is 166 cm³/mol. The second kappa shape index (κ2) is 13.5. The first-order chi connectivity index (χ1) is 20.4. The van der Waals surface area contributed by atoms with E-state index in [9.17, 15) is 9.18 Å². The van der Waals surface area contributed by atoms with Crippen LogP contribution in [0.5, 0.6) is 11.5 Å². The van der Waals surface area contributed by atoms with Crippen LogP contribution in [-0.2, 0) is 19.6 Å². The van der Waals surface area contributed by atoms with Crippen LogP contribution in [0.2, 0.25) is 5.02 Å². The van der Waals surface area contributed by atoms with E-state index < -0.39 is 0 Å².